The van der Waals surface area contributed by atoms with Gasteiger partial charge >= 0.3 is 0 Å². The molecule has 0 saturated heterocycles. The molecule has 0 aliphatic carbocycles. The van der Waals surface area contributed by atoms with Gasteiger partial charge in [-0.05, 0) is 32.7 Å². The third kappa shape index (κ3) is 4.41. The van der Waals surface area contributed by atoms with Crippen molar-refractivity contribution in [1.82, 2.24) is 4.90 Å². The minimum Gasteiger partial charge on any atom is -0.304 e. The first-order chi connectivity index (χ1) is 4.95. The van der Waals surface area contributed by atoms with Gasteiger partial charge in [0.25, 0.3) is 0 Å². The van der Waals surface area contributed by atoms with Gasteiger partial charge in [-0.3, -0.25) is 0 Å². The molecule has 0 bridgehead atoms. The van der Waals surface area contributed by atoms with Gasteiger partial charge in [0.1, 0.15) is 0 Å². The van der Waals surface area contributed by atoms with E-state index in [9.17, 15) is 0 Å². The molecular formula is C10H23N. The maximum Gasteiger partial charge on any atom is 0.00356 e. The van der Waals surface area contributed by atoms with Crippen LogP contribution in [0.2, 0.25) is 0 Å². The topological polar surface area (TPSA) is 3.24 Å². The molecule has 0 N–H and O–H groups in total. The quantitative estimate of drug-likeness (QED) is 0.606. The van der Waals surface area contributed by atoms with E-state index in [1.54, 1.807) is 0 Å². The van der Waals surface area contributed by atoms with Crippen LogP contribution in [0.25, 0.3) is 0 Å². The molecule has 11 heavy (non-hydrogen) atoms. The molecular weight excluding hydrogens is 134 g/mol. The lowest BCUT2D eigenvalue weighted by Crippen LogP contribution is -2.32. The van der Waals surface area contributed by atoms with Crippen LogP contribution in [0.3, 0.4) is 0 Å². The van der Waals surface area contributed by atoms with Crippen molar-refractivity contribution in [2.75, 3.05) is 13.6 Å². The predicted octanol–water partition coefficient (Wildman–Crippen LogP) is 2.62. The monoisotopic (exact) mass is 157 g/mol. The molecule has 1 atom stereocenters. The first-order valence-electron chi connectivity index (χ1n) is 4.65. The van der Waals surface area contributed by atoms with Crippen molar-refractivity contribution >= 4 is 0 Å². The van der Waals surface area contributed by atoms with Crippen LogP contribution in [-0.4, -0.2) is 24.5 Å². The standard InChI is InChI=1S/C10H23N/c1-8(2)10(5)7-11(6)9(3)4/h8-10H,7H2,1-6H3/t10-/m1/s1. The zero-order chi connectivity index (χ0) is 9.02. The number of nitrogens with zero attached hydrogens (tertiary/aromatic N) is 1. The molecule has 1 nitrogen and oxygen atoms in total. The fraction of sp³-hybridized carbons (Fsp3) is 1.00. The molecule has 0 rings (SSSR count). The second kappa shape index (κ2) is 4.76. The number of rotatable bonds is 4. The fourth-order valence-electron chi connectivity index (χ4n) is 0.876. The van der Waals surface area contributed by atoms with E-state index >= 15 is 0 Å². The first-order valence-corrected chi connectivity index (χ1v) is 4.65. The average Bonchev–Trinajstić information content (AvgIpc) is 1.87. The SMILES string of the molecule is CC(C)[C@H](C)CN(C)C(C)C. The van der Waals surface area contributed by atoms with Gasteiger partial charge in [0.15, 0.2) is 0 Å². The minimum absolute atomic E-state index is 0.677. The van der Waals surface area contributed by atoms with E-state index in [0.29, 0.717) is 6.04 Å². The summed E-state index contributed by atoms with van der Waals surface area (Å²) >= 11 is 0. The molecule has 0 aromatic heterocycles. The summed E-state index contributed by atoms with van der Waals surface area (Å²) in [6.45, 7) is 12.6. The summed E-state index contributed by atoms with van der Waals surface area (Å²) in [5.74, 6) is 1.61. The molecule has 0 unspecified atom stereocenters. The summed E-state index contributed by atoms with van der Waals surface area (Å²) in [6, 6.07) is 0.677. The zero-order valence-corrected chi connectivity index (χ0v) is 8.89. The lowest BCUT2D eigenvalue weighted by atomic mass is 9.97. The second-order valence-electron chi connectivity index (χ2n) is 4.25. The maximum atomic E-state index is 2.41. The molecule has 0 aromatic rings. The van der Waals surface area contributed by atoms with Crippen molar-refractivity contribution in [3.05, 3.63) is 0 Å². The van der Waals surface area contributed by atoms with Crippen molar-refractivity contribution in [2.45, 2.75) is 40.7 Å². The molecule has 0 saturated carbocycles. The van der Waals surface area contributed by atoms with Crippen LogP contribution in [0.4, 0.5) is 0 Å². The highest BCUT2D eigenvalue weighted by atomic mass is 15.1. The molecule has 0 aromatic carbocycles. The number of hydrogen-bond acceptors (Lipinski definition) is 1. The summed E-state index contributed by atoms with van der Waals surface area (Å²) in [4.78, 5) is 2.41. The third-order valence-electron chi connectivity index (χ3n) is 2.60. The number of hydrogen-bond donors (Lipinski definition) is 0. The molecule has 1 heteroatoms. The molecule has 0 spiro atoms. The van der Waals surface area contributed by atoms with Crippen LogP contribution in [-0.2, 0) is 0 Å². The Balaban J connectivity index is 3.66. The van der Waals surface area contributed by atoms with Gasteiger partial charge in [-0.2, -0.15) is 0 Å². The van der Waals surface area contributed by atoms with Crippen LogP contribution < -0.4 is 0 Å². The van der Waals surface area contributed by atoms with E-state index < -0.39 is 0 Å². The Kier molecular flexibility index (Phi) is 4.74. The van der Waals surface area contributed by atoms with E-state index in [1.807, 2.05) is 0 Å². The zero-order valence-electron chi connectivity index (χ0n) is 8.89. The van der Waals surface area contributed by atoms with Crippen LogP contribution in [0.15, 0.2) is 0 Å². The lowest BCUT2D eigenvalue weighted by molar-refractivity contribution is 0.211. The van der Waals surface area contributed by atoms with E-state index in [1.165, 1.54) is 6.54 Å². The largest absolute Gasteiger partial charge is 0.304 e. The van der Waals surface area contributed by atoms with Gasteiger partial charge in [-0.25, -0.2) is 0 Å². The van der Waals surface area contributed by atoms with E-state index in [2.05, 4.69) is 46.6 Å². The van der Waals surface area contributed by atoms with E-state index in [-0.39, 0.29) is 0 Å². The molecule has 0 heterocycles. The molecule has 0 amide bonds. The summed E-state index contributed by atoms with van der Waals surface area (Å²) < 4.78 is 0. The average molecular weight is 157 g/mol. The molecule has 0 radical (unpaired) electrons. The Labute approximate surface area is 71.8 Å². The van der Waals surface area contributed by atoms with Crippen LogP contribution in [0.1, 0.15) is 34.6 Å². The highest BCUT2D eigenvalue weighted by molar-refractivity contribution is 4.64. The van der Waals surface area contributed by atoms with Gasteiger partial charge in [0.05, 0.1) is 0 Å². The van der Waals surface area contributed by atoms with Gasteiger partial charge in [-0.15, -0.1) is 0 Å². The van der Waals surface area contributed by atoms with E-state index in [0.717, 1.165) is 11.8 Å². The van der Waals surface area contributed by atoms with Gasteiger partial charge in [-0.1, -0.05) is 20.8 Å². The van der Waals surface area contributed by atoms with Gasteiger partial charge < -0.3 is 4.90 Å². The lowest BCUT2D eigenvalue weighted by Gasteiger charge is -2.26. The Morgan fingerprint density at radius 2 is 1.45 bits per heavy atom. The summed E-state index contributed by atoms with van der Waals surface area (Å²) in [7, 11) is 2.20. The summed E-state index contributed by atoms with van der Waals surface area (Å²) in [5.41, 5.74) is 0. The Bertz CT molecular complexity index is 85.0. The molecule has 0 fully saturated rings. The summed E-state index contributed by atoms with van der Waals surface area (Å²) in [6.07, 6.45) is 0. The molecule has 68 valence electrons. The van der Waals surface area contributed by atoms with Gasteiger partial charge in [0.2, 0.25) is 0 Å². The van der Waals surface area contributed by atoms with Crippen LogP contribution in [0.5, 0.6) is 0 Å². The van der Waals surface area contributed by atoms with Crippen molar-refractivity contribution in [2.24, 2.45) is 11.8 Å². The summed E-state index contributed by atoms with van der Waals surface area (Å²) in [5, 5.41) is 0. The van der Waals surface area contributed by atoms with Crippen molar-refractivity contribution in [3.63, 3.8) is 0 Å². The minimum atomic E-state index is 0.677. The molecule has 0 aliphatic heterocycles. The molecule has 0 aliphatic rings. The van der Waals surface area contributed by atoms with Crippen molar-refractivity contribution in [3.8, 4) is 0 Å². The second-order valence-corrected chi connectivity index (χ2v) is 4.25. The Morgan fingerprint density at radius 3 is 1.73 bits per heavy atom. The van der Waals surface area contributed by atoms with Crippen molar-refractivity contribution < 1.29 is 0 Å². The Morgan fingerprint density at radius 1 is 1.00 bits per heavy atom. The van der Waals surface area contributed by atoms with Crippen LogP contribution >= 0.6 is 0 Å². The fourth-order valence-corrected chi connectivity index (χ4v) is 0.876. The normalized spacial score (nSPS) is 15.0. The third-order valence-corrected chi connectivity index (χ3v) is 2.60. The Hall–Kier alpha value is -0.0400. The predicted molar refractivity (Wildman–Crippen MR) is 51.8 cm³/mol. The first kappa shape index (κ1) is 11.0. The maximum absolute atomic E-state index is 2.41. The smallest absolute Gasteiger partial charge is 0.00356 e. The van der Waals surface area contributed by atoms with Crippen molar-refractivity contribution in [1.29, 1.82) is 0 Å². The highest BCUT2D eigenvalue weighted by Crippen LogP contribution is 2.11. The highest BCUT2D eigenvalue weighted by Gasteiger charge is 2.11. The van der Waals surface area contributed by atoms with Crippen LogP contribution in [0, 0.1) is 11.8 Å². The van der Waals surface area contributed by atoms with E-state index in [4.69, 9.17) is 0 Å². The van der Waals surface area contributed by atoms with Gasteiger partial charge in [0, 0.05) is 12.6 Å².